The number of amides is 1. The van der Waals surface area contributed by atoms with E-state index < -0.39 is 24.5 Å². The number of carbonyl (C=O) groups excluding carboxylic acids is 1. The van der Waals surface area contributed by atoms with E-state index in [4.69, 9.17) is 10.00 Å². The Morgan fingerprint density at radius 2 is 1.62 bits per heavy atom. The Morgan fingerprint density at radius 1 is 1.03 bits per heavy atom. The lowest BCUT2D eigenvalue weighted by atomic mass is 9.98. The van der Waals surface area contributed by atoms with Crippen LogP contribution >= 0.6 is 0 Å². The zero-order valence-corrected chi connectivity index (χ0v) is 16.5. The fourth-order valence-corrected chi connectivity index (χ4v) is 3.37. The molecular formula is C21H18F6N2O3. The van der Waals surface area contributed by atoms with Crippen molar-refractivity contribution in [1.82, 2.24) is 4.90 Å². The number of ether oxygens (including phenoxy) is 2. The fourth-order valence-electron chi connectivity index (χ4n) is 3.37. The zero-order chi connectivity index (χ0) is 23.5. The molecule has 1 aliphatic heterocycles. The molecule has 0 N–H and O–H groups in total. The average Bonchev–Trinajstić information content (AvgIpc) is 2.74. The maximum Gasteiger partial charge on any atom is 0.434 e. The molecule has 1 amide bonds. The molecule has 0 atom stereocenters. The van der Waals surface area contributed by atoms with Crippen molar-refractivity contribution < 1.29 is 40.6 Å². The second-order valence-electron chi connectivity index (χ2n) is 7.42. The molecule has 2 aromatic rings. The first-order valence-corrected chi connectivity index (χ1v) is 9.63. The summed E-state index contributed by atoms with van der Waals surface area (Å²) in [4.78, 5) is 12.6. The minimum Gasteiger partial charge on any atom is -0.493 e. The molecule has 5 nitrogen and oxygen atoms in total. The number of piperidine rings is 1. The highest BCUT2D eigenvalue weighted by atomic mass is 19.4. The number of rotatable bonds is 4. The highest BCUT2D eigenvalue weighted by Gasteiger charge is 2.60. The second-order valence-corrected chi connectivity index (χ2v) is 7.42. The van der Waals surface area contributed by atoms with Crippen molar-refractivity contribution in [1.29, 1.82) is 5.26 Å². The van der Waals surface area contributed by atoms with Crippen molar-refractivity contribution in [2.45, 2.75) is 31.3 Å². The molecule has 172 valence electrons. The number of nitriles is 1. The number of benzene rings is 2. The topological polar surface area (TPSA) is 62.6 Å². The number of halogens is 6. The van der Waals surface area contributed by atoms with E-state index in [1.165, 1.54) is 0 Å². The molecule has 32 heavy (non-hydrogen) atoms. The van der Waals surface area contributed by atoms with Crippen LogP contribution in [0.3, 0.4) is 0 Å². The highest BCUT2D eigenvalue weighted by Crippen LogP contribution is 2.36. The molecular weight excluding hydrogens is 442 g/mol. The Hall–Kier alpha value is -3.16. The quantitative estimate of drug-likeness (QED) is 0.571. The third-order valence-electron chi connectivity index (χ3n) is 5.11. The summed E-state index contributed by atoms with van der Waals surface area (Å²) in [6.45, 7) is 0.201. The van der Waals surface area contributed by atoms with Gasteiger partial charge in [-0.15, -0.1) is 0 Å². The van der Waals surface area contributed by atoms with E-state index in [0.29, 0.717) is 24.2 Å². The second kappa shape index (κ2) is 9.14. The number of hydrogen-bond acceptors (Lipinski definition) is 4. The van der Waals surface area contributed by atoms with Gasteiger partial charge in [0.2, 0.25) is 0 Å². The fraction of sp³-hybridized carbons (Fsp3) is 0.429. The molecule has 0 saturated carbocycles. The standard InChI is InChI=1S/C21H18F6N2O3/c22-20(23,24)18(21(25,26)27)32-19(30)29-7-5-13(6-8-29)12-31-17-4-3-15-9-14(11-28)1-2-16(15)10-17/h1-4,9-10,13,18H,5-8,12H2. The van der Waals surface area contributed by atoms with Crippen molar-refractivity contribution in [2.75, 3.05) is 19.7 Å². The van der Waals surface area contributed by atoms with Crippen molar-refractivity contribution >= 4 is 16.9 Å². The van der Waals surface area contributed by atoms with Crippen LogP contribution in [0.15, 0.2) is 36.4 Å². The summed E-state index contributed by atoms with van der Waals surface area (Å²) in [5.41, 5.74) is 0.535. The maximum atomic E-state index is 12.6. The molecule has 1 saturated heterocycles. The first-order chi connectivity index (χ1) is 15.0. The summed E-state index contributed by atoms with van der Waals surface area (Å²) in [5.74, 6) is 0.555. The molecule has 0 spiro atoms. The summed E-state index contributed by atoms with van der Waals surface area (Å²) in [7, 11) is 0. The van der Waals surface area contributed by atoms with Crippen LogP contribution in [0.4, 0.5) is 31.1 Å². The average molecular weight is 460 g/mol. The Kier molecular flexibility index (Phi) is 6.71. The van der Waals surface area contributed by atoms with Crippen LogP contribution in [0.25, 0.3) is 10.8 Å². The Labute approximate surface area is 179 Å². The number of alkyl halides is 6. The zero-order valence-electron chi connectivity index (χ0n) is 16.5. The first-order valence-electron chi connectivity index (χ1n) is 9.63. The third-order valence-corrected chi connectivity index (χ3v) is 5.11. The lowest BCUT2D eigenvalue weighted by molar-refractivity contribution is -0.308. The van der Waals surface area contributed by atoms with Crippen molar-refractivity contribution in [3.8, 4) is 11.8 Å². The van der Waals surface area contributed by atoms with Gasteiger partial charge >= 0.3 is 18.4 Å². The molecule has 3 rings (SSSR count). The van der Waals surface area contributed by atoms with Gasteiger partial charge in [0.15, 0.2) is 0 Å². The molecule has 0 radical (unpaired) electrons. The lowest BCUT2D eigenvalue weighted by Gasteiger charge is -2.33. The predicted molar refractivity (Wildman–Crippen MR) is 101 cm³/mol. The van der Waals surface area contributed by atoms with Crippen LogP contribution in [0.5, 0.6) is 5.75 Å². The summed E-state index contributed by atoms with van der Waals surface area (Å²) >= 11 is 0. The van der Waals surface area contributed by atoms with Gasteiger partial charge in [-0.25, -0.2) is 4.79 Å². The summed E-state index contributed by atoms with van der Waals surface area (Å²) in [6.07, 6.45) is -16.6. The number of likely N-dealkylation sites (tertiary alicyclic amines) is 1. The van der Waals surface area contributed by atoms with Gasteiger partial charge in [-0.3, -0.25) is 0 Å². The van der Waals surface area contributed by atoms with Crippen LogP contribution in [-0.4, -0.2) is 49.1 Å². The molecule has 0 aromatic heterocycles. The molecule has 2 aromatic carbocycles. The van der Waals surface area contributed by atoms with Gasteiger partial charge in [0.1, 0.15) is 5.75 Å². The van der Waals surface area contributed by atoms with E-state index in [1.807, 2.05) is 6.07 Å². The predicted octanol–water partition coefficient (Wildman–Crippen LogP) is 5.43. The smallest absolute Gasteiger partial charge is 0.434 e. The molecule has 1 fully saturated rings. The van der Waals surface area contributed by atoms with Crippen LogP contribution in [0.1, 0.15) is 18.4 Å². The van der Waals surface area contributed by atoms with Crippen LogP contribution in [0, 0.1) is 17.2 Å². The van der Waals surface area contributed by atoms with Gasteiger partial charge in [-0.05, 0) is 53.8 Å². The van der Waals surface area contributed by atoms with E-state index in [-0.39, 0.29) is 25.6 Å². The largest absolute Gasteiger partial charge is 0.493 e. The molecule has 1 aliphatic rings. The summed E-state index contributed by atoms with van der Waals surface area (Å²) < 4.78 is 84.8. The van der Waals surface area contributed by atoms with E-state index >= 15 is 0 Å². The Bertz CT molecular complexity index is 993. The number of nitrogens with zero attached hydrogens (tertiary/aromatic N) is 2. The number of fused-ring (bicyclic) bond motifs is 1. The van der Waals surface area contributed by atoms with E-state index in [2.05, 4.69) is 10.8 Å². The SMILES string of the molecule is N#Cc1ccc2cc(OCC3CCN(C(=O)OC(C(F)(F)F)C(F)(F)F)CC3)ccc2c1. The number of hydrogen-bond donors (Lipinski definition) is 0. The van der Waals surface area contributed by atoms with Gasteiger partial charge < -0.3 is 14.4 Å². The highest BCUT2D eigenvalue weighted by molar-refractivity contribution is 5.85. The molecule has 11 heteroatoms. The Morgan fingerprint density at radius 3 is 2.22 bits per heavy atom. The van der Waals surface area contributed by atoms with E-state index in [1.54, 1.807) is 30.3 Å². The number of carbonyl (C=O) groups is 1. The minimum atomic E-state index is -5.74. The Balaban J connectivity index is 1.51. The lowest BCUT2D eigenvalue weighted by Crippen LogP contribution is -2.49. The van der Waals surface area contributed by atoms with Gasteiger partial charge in [-0.2, -0.15) is 31.6 Å². The van der Waals surface area contributed by atoms with Crippen molar-refractivity contribution in [3.63, 3.8) is 0 Å². The van der Waals surface area contributed by atoms with Crippen LogP contribution in [0.2, 0.25) is 0 Å². The summed E-state index contributed by atoms with van der Waals surface area (Å²) in [5, 5.41) is 10.7. The van der Waals surface area contributed by atoms with Crippen LogP contribution in [-0.2, 0) is 4.74 Å². The minimum absolute atomic E-state index is 0.0308. The third kappa shape index (κ3) is 5.75. The van der Waals surface area contributed by atoms with Crippen molar-refractivity contribution in [2.24, 2.45) is 5.92 Å². The van der Waals surface area contributed by atoms with Gasteiger partial charge in [0.25, 0.3) is 6.10 Å². The molecule has 0 bridgehead atoms. The van der Waals surface area contributed by atoms with Gasteiger partial charge in [-0.1, -0.05) is 12.1 Å². The first kappa shape index (κ1) is 23.5. The van der Waals surface area contributed by atoms with Gasteiger partial charge in [0.05, 0.1) is 18.2 Å². The molecule has 1 heterocycles. The van der Waals surface area contributed by atoms with E-state index in [9.17, 15) is 31.1 Å². The van der Waals surface area contributed by atoms with Crippen molar-refractivity contribution in [3.05, 3.63) is 42.0 Å². The van der Waals surface area contributed by atoms with Crippen LogP contribution < -0.4 is 4.74 Å². The monoisotopic (exact) mass is 460 g/mol. The molecule has 0 aliphatic carbocycles. The normalized spacial score (nSPS) is 15.6. The van der Waals surface area contributed by atoms with Gasteiger partial charge in [0, 0.05) is 13.1 Å². The molecule has 0 unspecified atom stereocenters. The maximum absolute atomic E-state index is 12.6. The van der Waals surface area contributed by atoms with E-state index in [0.717, 1.165) is 15.7 Å². The summed E-state index contributed by atoms with van der Waals surface area (Å²) in [6, 6.07) is 12.6.